The van der Waals surface area contributed by atoms with E-state index in [-0.39, 0.29) is 11.4 Å². The average molecular weight is 217 g/mol. The minimum absolute atomic E-state index is 0.0764. The molecule has 5 heteroatoms. The summed E-state index contributed by atoms with van der Waals surface area (Å²) in [5.41, 5.74) is 5.33. The van der Waals surface area contributed by atoms with Crippen molar-refractivity contribution in [1.82, 2.24) is 9.97 Å². The van der Waals surface area contributed by atoms with Gasteiger partial charge < -0.3 is 10.8 Å². The summed E-state index contributed by atoms with van der Waals surface area (Å²) in [6, 6.07) is 8.40. The molecule has 0 unspecified atom stereocenters. The molecule has 16 heavy (non-hydrogen) atoms. The maximum Gasteiger partial charge on any atom is 0.172 e. The fraction of sp³-hybridized carbons (Fsp3) is 0. The lowest BCUT2D eigenvalue weighted by atomic mass is 10.3. The van der Waals surface area contributed by atoms with Gasteiger partial charge in [0.15, 0.2) is 6.29 Å². The van der Waals surface area contributed by atoms with Gasteiger partial charge in [0, 0.05) is 12.4 Å². The zero-order valence-electron chi connectivity index (χ0n) is 8.45. The van der Waals surface area contributed by atoms with E-state index in [0.717, 1.165) is 0 Å². The zero-order valence-corrected chi connectivity index (χ0v) is 8.45. The van der Waals surface area contributed by atoms with E-state index >= 15 is 0 Å². The molecule has 2 rings (SSSR count). The van der Waals surface area contributed by atoms with Gasteiger partial charge in [0.2, 0.25) is 0 Å². The van der Waals surface area contributed by atoms with Crippen LogP contribution in [0.25, 0.3) is 0 Å². The van der Waals surface area contributed by atoms with Crippen molar-refractivity contribution >= 4 is 12.1 Å². The van der Waals surface area contributed by atoms with Gasteiger partial charge in [-0.1, -0.05) is 6.07 Å². The molecule has 0 bridgehead atoms. The van der Waals surface area contributed by atoms with Gasteiger partial charge in [0.05, 0.1) is 0 Å². The van der Waals surface area contributed by atoms with Crippen LogP contribution in [0.1, 0.15) is 10.5 Å². The minimum atomic E-state index is -0.0764. The van der Waals surface area contributed by atoms with Gasteiger partial charge in [-0.05, 0) is 24.3 Å². The topological polar surface area (TPSA) is 89.1 Å². The number of nitrogens with zero attached hydrogens (tertiary/aromatic N) is 2. The summed E-state index contributed by atoms with van der Waals surface area (Å²) < 4.78 is 0. The number of nitrogens with two attached hydrogens (primary N) is 1. The molecule has 0 atom stereocenters. The number of rotatable bonds is 1. The fourth-order valence-electron chi connectivity index (χ4n) is 0.876. The van der Waals surface area contributed by atoms with Crippen LogP contribution in [0, 0.1) is 0 Å². The van der Waals surface area contributed by atoms with Crippen LogP contribution in [0.15, 0.2) is 42.7 Å². The monoisotopic (exact) mass is 217 g/mol. The van der Waals surface area contributed by atoms with Crippen molar-refractivity contribution in [3.63, 3.8) is 0 Å². The highest BCUT2D eigenvalue weighted by atomic mass is 16.3. The maximum absolute atomic E-state index is 10.0. The molecular formula is C11H11N3O2. The molecule has 0 spiro atoms. The van der Waals surface area contributed by atoms with E-state index in [1.54, 1.807) is 18.3 Å². The molecule has 2 aromatic heterocycles. The molecular weight excluding hydrogens is 206 g/mol. The second-order valence-electron chi connectivity index (χ2n) is 2.78. The van der Waals surface area contributed by atoms with Crippen LogP contribution in [0.4, 0.5) is 5.82 Å². The Kier molecular flexibility index (Phi) is 4.46. The summed E-state index contributed by atoms with van der Waals surface area (Å²) in [5, 5.41) is 8.82. The molecule has 0 aliphatic rings. The lowest BCUT2D eigenvalue weighted by Gasteiger charge is -1.90. The number of aromatic hydroxyl groups is 1. The predicted octanol–water partition coefficient (Wildman–Crippen LogP) is 1.26. The second-order valence-corrected chi connectivity index (χ2v) is 2.78. The number of hydrogen-bond donors (Lipinski definition) is 2. The van der Waals surface area contributed by atoms with E-state index in [2.05, 4.69) is 9.97 Å². The maximum atomic E-state index is 10.0. The van der Waals surface area contributed by atoms with Gasteiger partial charge in [-0.3, -0.25) is 4.79 Å². The minimum Gasteiger partial charge on any atom is -0.506 e. The summed E-state index contributed by atoms with van der Waals surface area (Å²) in [4.78, 5) is 17.3. The molecule has 0 aliphatic carbocycles. The normalized spacial score (nSPS) is 8.75. The Morgan fingerprint density at radius 3 is 2.25 bits per heavy atom. The van der Waals surface area contributed by atoms with Gasteiger partial charge >= 0.3 is 0 Å². The number of hydrogen-bond acceptors (Lipinski definition) is 5. The molecule has 3 N–H and O–H groups in total. The van der Waals surface area contributed by atoms with Crippen molar-refractivity contribution < 1.29 is 9.90 Å². The van der Waals surface area contributed by atoms with Crippen molar-refractivity contribution in [2.24, 2.45) is 0 Å². The number of carbonyl (C=O) groups is 1. The summed E-state index contributed by atoms with van der Waals surface area (Å²) in [7, 11) is 0. The summed E-state index contributed by atoms with van der Waals surface area (Å²) >= 11 is 0. The van der Waals surface area contributed by atoms with Gasteiger partial charge in [0.1, 0.15) is 17.3 Å². The molecule has 2 heterocycles. The van der Waals surface area contributed by atoms with E-state index in [9.17, 15) is 4.79 Å². The molecule has 0 aliphatic heterocycles. The molecule has 0 amide bonds. The highest BCUT2D eigenvalue weighted by Crippen LogP contribution is 2.08. The highest BCUT2D eigenvalue weighted by molar-refractivity contribution is 5.75. The van der Waals surface area contributed by atoms with Crippen LogP contribution >= 0.6 is 0 Å². The Bertz CT molecular complexity index is 446. The number of anilines is 1. The molecule has 82 valence electrons. The Balaban J connectivity index is 0.000000165. The largest absolute Gasteiger partial charge is 0.506 e. The van der Waals surface area contributed by atoms with E-state index in [0.29, 0.717) is 12.1 Å². The Hall–Kier alpha value is -2.43. The molecule has 0 radical (unpaired) electrons. The Morgan fingerprint density at radius 2 is 1.88 bits per heavy atom. The SMILES string of the molecule is Nc1ccccn1.O=Cc1ncccc1O. The molecule has 2 aromatic rings. The van der Waals surface area contributed by atoms with Crippen molar-refractivity contribution in [2.75, 3.05) is 5.73 Å². The zero-order chi connectivity index (χ0) is 11.8. The standard InChI is InChI=1S/C6H5NO2.C5H6N2/c8-4-5-6(9)2-1-3-7-5;6-5-3-1-2-4-7-5/h1-4,9H;1-4H,(H2,6,7). The third-order valence-corrected chi connectivity index (χ3v) is 1.62. The smallest absolute Gasteiger partial charge is 0.172 e. The number of nitrogen functional groups attached to an aromatic ring is 1. The summed E-state index contributed by atoms with van der Waals surface area (Å²) in [6.07, 6.45) is 3.62. The second kappa shape index (κ2) is 6.13. The van der Waals surface area contributed by atoms with Crippen LogP contribution < -0.4 is 5.73 Å². The highest BCUT2D eigenvalue weighted by Gasteiger charge is 1.95. The first-order valence-corrected chi connectivity index (χ1v) is 4.49. The first-order chi connectivity index (χ1) is 7.74. The Labute approximate surface area is 92.6 Å². The van der Waals surface area contributed by atoms with Crippen LogP contribution in [0.5, 0.6) is 5.75 Å². The number of carbonyl (C=O) groups excluding carboxylic acids is 1. The molecule has 5 nitrogen and oxygen atoms in total. The lowest BCUT2D eigenvalue weighted by Crippen LogP contribution is -1.85. The first kappa shape index (κ1) is 11.6. The van der Waals surface area contributed by atoms with Gasteiger partial charge in [-0.25, -0.2) is 9.97 Å². The third-order valence-electron chi connectivity index (χ3n) is 1.62. The predicted molar refractivity (Wildman–Crippen MR) is 59.9 cm³/mol. The Morgan fingerprint density at radius 1 is 1.12 bits per heavy atom. The summed E-state index contributed by atoms with van der Waals surface area (Å²) in [6.45, 7) is 0. The number of aromatic nitrogens is 2. The fourth-order valence-corrected chi connectivity index (χ4v) is 0.876. The van der Waals surface area contributed by atoms with E-state index < -0.39 is 0 Å². The van der Waals surface area contributed by atoms with E-state index in [1.165, 1.54) is 12.3 Å². The molecule has 0 saturated heterocycles. The number of aldehydes is 1. The van der Waals surface area contributed by atoms with Crippen LogP contribution in [-0.2, 0) is 0 Å². The quantitative estimate of drug-likeness (QED) is 0.702. The van der Waals surface area contributed by atoms with E-state index in [1.807, 2.05) is 12.1 Å². The van der Waals surface area contributed by atoms with Crippen LogP contribution in [-0.4, -0.2) is 21.4 Å². The van der Waals surface area contributed by atoms with Crippen molar-refractivity contribution in [3.05, 3.63) is 48.4 Å². The van der Waals surface area contributed by atoms with Gasteiger partial charge in [0.25, 0.3) is 0 Å². The molecule has 0 saturated carbocycles. The molecule has 0 fully saturated rings. The van der Waals surface area contributed by atoms with Crippen molar-refractivity contribution in [2.45, 2.75) is 0 Å². The van der Waals surface area contributed by atoms with Crippen LogP contribution in [0.2, 0.25) is 0 Å². The van der Waals surface area contributed by atoms with Crippen molar-refractivity contribution in [3.8, 4) is 5.75 Å². The summed E-state index contributed by atoms with van der Waals surface area (Å²) in [5.74, 6) is 0.495. The average Bonchev–Trinajstić information content (AvgIpc) is 2.31. The van der Waals surface area contributed by atoms with E-state index in [4.69, 9.17) is 10.8 Å². The first-order valence-electron chi connectivity index (χ1n) is 4.49. The van der Waals surface area contributed by atoms with Gasteiger partial charge in [-0.2, -0.15) is 0 Å². The number of pyridine rings is 2. The van der Waals surface area contributed by atoms with Gasteiger partial charge in [-0.15, -0.1) is 0 Å². The molecule has 0 aromatic carbocycles. The lowest BCUT2D eigenvalue weighted by molar-refractivity contribution is 0.111. The third kappa shape index (κ3) is 3.75. The van der Waals surface area contributed by atoms with Crippen LogP contribution in [0.3, 0.4) is 0 Å². The van der Waals surface area contributed by atoms with Crippen molar-refractivity contribution in [1.29, 1.82) is 0 Å².